The fourth-order valence-corrected chi connectivity index (χ4v) is 5.94. The van der Waals surface area contributed by atoms with E-state index in [1.165, 1.54) is 42.5 Å². The van der Waals surface area contributed by atoms with Gasteiger partial charge in [-0.1, -0.05) is 30.4 Å². The normalized spacial score (nSPS) is 22.5. The van der Waals surface area contributed by atoms with Gasteiger partial charge in [0.15, 0.2) is 0 Å². The minimum Gasteiger partial charge on any atom is -0.351 e. The fraction of sp³-hybridized carbons (Fsp3) is 0.179. The smallest absolute Gasteiger partial charge is 0.269 e. The van der Waals surface area contributed by atoms with Gasteiger partial charge < -0.3 is 10.2 Å². The van der Waals surface area contributed by atoms with E-state index in [1.807, 2.05) is 36.4 Å². The van der Waals surface area contributed by atoms with Gasteiger partial charge in [-0.15, -0.1) is 0 Å². The summed E-state index contributed by atoms with van der Waals surface area (Å²) in [6.07, 6.45) is 3.68. The molecule has 4 atom stereocenters. The zero-order chi connectivity index (χ0) is 28.3. The number of aryl methyl sites for hydroxylation is 1. The molecule has 6 rings (SSSR count). The maximum Gasteiger partial charge on any atom is 0.269 e. The molecule has 0 aromatic heterocycles. The maximum absolute atomic E-state index is 14.0. The Kier molecular flexibility index (Phi) is 5.68. The lowest BCUT2D eigenvalue weighted by atomic mass is 9.88. The maximum atomic E-state index is 14.0. The van der Waals surface area contributed by atoms with E-state index in [1.54, 1.807) is 11.8 Å². The van der Waals surface area contributed by atoms with Gasteiger partial charge in [-0.25, -0.2) is 4.90 Å². The number of hydrogen-bond acceptors (Lipinski definition) is 8. The first kappa shape index (κ1) is 24.9. The summed E-state index contributed by atoms with van der Waals surface area (Å²) < 4.78 is 0. The van der Waals surface area contributed by atoms with Gasteiger partial charge in [0, 0.05) is 35.6 Å². The molecule has 1 N–H and O–H groups in total. The number of non-ortho nitro benzene ring substituents is 2. The highest BCUT2D eigenvalue weighted by molar-refractivity contribution is 6.25. The zero-order valence-corrected chi connectivity index (χ0v) is 21.0. The van der Waals surface area contributed by atoms with Gasteiger partial charge in [0.25, 0.3) is 11.4 Å². The molecule has 3 aromatic carbocycles. The molecule has 0 saturated carbocycles. The zero-order valence-electron chi connectivity index (χ0n) is 21.0. The van der Waals surface area contributed by atoms with Crippen LogP contribution in [0.2, 0.25) is 0 Å². The molecule has 3 aromatic rings. The number of carbonyl (C=O) groups is 3. The molecular formula is C28H21N5O7. The lowest BCUT2D eigenvalue weighted by molar-refractivity contribution is -0.385. The van der Waals surface area contributed by atoms with E-state index in [0.717, 1.165) is 10.5 Å². The molecule has 2 saturated heterocycles. The van der Waals surface area contributed by atoms with Crippen molar-refractivity contribution in [2.24, 2.45) is 11.8 Å². The number of nitrogens with zero attached hydrogens (tertiary/aromatic N) is 4. The third-order valence-corrected chi connectivity index (χ3v) is 7.66. The molecule has 3 amide bonds. The van der Waals surface area contributed by atoms with E-state index in [2.05, 4.69) is 5.32 Å². The van der Waals surface area contributed by atoms with Crippen molar-refractivity contribution in [3.05, 3.63) is 104 Å². The Bertz CT molecular complexity index is 1650. The second-order valence-corrected chi connectivity index (χ2v) is 9.85. The van der Waals surface area contributed by atoms with Crippen LogP contribution in [0.1, 0.15) is 11.1 Å². The molecule has 2 fully saturated rings. The van der Waals surface area contributed by atoms with E-state index in [-0.39, 0.29) is 17.1 Å². The highest BCUT2D eigenvalue weighted by Gasteiger charge is 2.64. The molecule has 40 heavy (non-hydrogen) atoms. The molecule has 0 unspecified atom stereocenters. The first-order valence-electron chi connectivity index (χ1n) is 12.4. The van der Waals surface area contributed by atoms with Crippen molar-refractivity contribution in [3.63, 3.8) is 0 Å². The number of fused-ring (bicyclic) bond motifs is 5. The summed E-state index contributed by atoms with van der Waals surface area (Å²) in [5, 5.41) is 25.0. The molecule has 12 nitrogen and oxygen atoms in total. The van der Waals surface area contributed by atoms with Gasteiger partial charge in [-0.05, 0) is 42.3 Å². The number of nitro benzene ring substituents is 2. The van der Waals surface area contributed by atoms with Crippen LogP contribution in [0.3, 0.4) is 0 Å². The van der Waals surface area contributed by atoms with Crippen LogP contribution in [-0.2, 0) is 14.4 Å². The molecular weight excluding hydrogens is 518 g/mol. The fourth-order valence-electron chi connectivity index (χ4n) is 5.94. The van der Waals surface area contributed by atoms with Crippen molar-refractivity contribution < 1.29 is 24.2 Å². The molecule has 200 valence electrons. The molecule has 0 radical (unpaired) electrons. The Hall–Kier alpha value is -5.39. The van der Waals surface area contributed by atoms with Gasteiger partial charge in [0.2, 0.25) is 17.7 Å². The second-order valence-electron chi connectivity index (χ2n) is 9.85. The number of amides is 3. The first-order valence-corrected chi connectivity index (χ1v) is 12.4. The molecule has 12 heteroatoms. The topological polar surface area (TPSA) is 156 Å². The Morgan fingerprint density at radius 2 is 1.50 bits per heavy atom. The van der Waals surface area contributed by atoms with Crippen molar-refractivity contribution in [2.75, 3.05) is 15.1 Å². The first-order chi connectivity index (χ1) is 19.2. The number of imide groups is 1. The van der Waals surface area contributed by atoms with Crippen molar-refractivity contribution in [2.45, 2.75) is 19.0 Å². The monoisotopic (exact) mass is 539 g/mol. The van der Waals surface area contributed by atoms with Crippen molar-refractivity contribution in [3.8, 4) is 0 Å². The van der Waals surface area contributed by atoms with Crippen molar-refractivity contribution >= 4 is 52.2 Å². The van der Waals surface area contributed by atoms with E-state index in [4.69, 9.17) is 0 Å². The lowest BCUT2D eigenvalue weighted by Crippen LogP contribution is -2.50. The van der Waals surface area contributed by atoms with Crippen LogP contribution in [0.4, 0.5) is 28.4 Å². The van der Waals surface area contributed by atoms with Crippen molar-refractivity contribution in [1.82, 2.24) is 0 Å². The Labute approximate surface area is 226 Å². The predicted octanol–water partition coefficient (Wildman–Crippen LogP) is 3.84. The summed E-state index contributed by atoms with van der Waals surface area (Å²) in [5.41, 5.74) is 2.14. The molecule has 0 spiro atoms. The van der Waals surface area contributed by atoms with Crippen LogP contribution in [0.15, 0.2) is 72.8 Å². The number of hydrogen-bond donors (Lipinski definition) is 1. The SMILES string of the molecule is Cc1cc([N+](=O)[O-])ccc1N1C(=O)[C@@H]2[C@H](C1=O)[C@@H](C(=O)Nc1ccc([N+](=O)[O-])cc1)N1c3ccccc3C=C[C@@H]21. The molecule has 3 aliphatic heterocycles. The summed E-state index contributed by atoms with van der Waals surface area (Å²) in [4.78, 5) is 65.7. The highest BCUT2D eigenvalue weighted by Crippen LogP contribution is 2.49. The Morgan fingerprint density at radius 3 is 2.17 bits per heavy atom. The molecule has 3 aliphatic rings. The van der Waals surface area contributed by atoms with E-state index in [9.17, 15) is 34.6 Å². The summed E-state index contributed by atoms with van der Waals surface area (Å²) in [6.45, 7) is 1.58. The van der Waals surface area contributed by atoms with Crippen LogP contribution < -0.4 is 15.1 Å². The van der Waals surface area contributed by atoms with Crippen LogP contribution in [0.25, 0.3) is 6.08 Å². The van der Waals surface area contributed by atoms with Crippen LogP contribution in [0, 0.1) is 39.0 Å². The average molecular weight is 540 g/mol. The van der Waals surface area contributed by atoms with E-state index >= 15 is 0 Å². The number of anilines is 3. The van der Waals surface area contributed by atoms with Gasteiger partial charge in [-0.2, -0.15) is 0 Å². The van der Waals surface area contributed by atoms with Crippen LogP contribution in [0.5, 0.6) is 0 Å². The summed E-state index contributed by atoms with van der Waals surface area (Å²) >= 11 is 0. The number of nitro groups is 2. The van der Waals surface area contributed by atoms with Gasteiger partial charge in [0.1, 0.15) is 6.04 Å². The minimum atomic E-state index is -1.07. The summed E-state index contributed by atoms with van der Waals surface area (Å²) in [6, 6.07) is 14.9. The third-order valence-electron chi connectivity index (χ3n) is 7.66. The van der Waals surface area contributed by atoms with Crippen LogP contribution >= 0.6 is 0 Å². The number of nitrogens with one attached hydrogen (secondary N) is 1. The minimum absolute atomic E-state index is 0.139. The quantitative estimate of drug-likeness (QED) is 0.291. The summed E-state index contributed by atoms with van der Waals surface area (Å²) in [5.74, 6) is -3.52. The van der Waals surface area contributed by atoms with Gasteiger partial charge in [0.05, 0.1) is 33.4 Å². The number of para-hydroxylation sites is 1. The predicted molar refractivity (Wildman–Crippen MR) is 145 cm³/mol. The third kappa shape index (κ3) is 3.72. The second kappa shape index (κ2) is 9.12. The average Bonchev–Trinajstić information content (AvgIpc) is 3.41. The molecule has 3 heterocycles. The number of carbonyl (C=O) groups excluding carboxylic acids is 3. The van der Waals surface area contributed by atoms with Crippen molar-refractivity contribution in [1.29, 1.82) is 0 Å². The Balaban J connectivity index is 1.41. The summed E-state index contributed by atoms with van der Waals surface area (Å²) in [7, 11) is 0. The lowest BCUT2D eigenvalue weighted by Gasteiger charge is -2.36. The van der Waals surface area contributed by atoms with Gasteiger partial charge in [-0.3, -0.25) is 34.6 Å². The molecule has 0 bridgehead atoms. The molecule has 0 aliphatic carbocycles. The van der Waals surface area contributed by atoms with E-state index < -0.39 is 51.5 Å². The Morgan fingerprint density at radius 1 is 0.850 bits per heavy atom. The number of benzene rings is 3. The highest BCUT2D eigenvalue weighted by atomic mass is 16.6. The number of rotatable bonds is 5. The van der Waals surface area contributed by atoms with E-state index in [0.29, 0.717) is 16.9 Å². The standard InChI is InChI=1S/C28H21N5O7/c1-15-14-19(33(39)40)11-13-20(15)31-27(35)23-22-12-6-16-4-2-3-5-21(16)30(22)25(24(23)28(31)36)26(34)29-17-7-9-18(10-8-17)32(37)38/h2-14,22-25H,1H3,(H,29,34)/t22-,23-,24-,25-/m0/s1. The van der Waals surface area contributed by atoms with Crippen LogP contribution in [-0.4, -0.2) is 39.7 Å². The van der Waals surface area contributed by atoms with Gasteiger partial charge >= 0.3 is 0 Å². The largest absolute Gasteiger partial charge is 0.351 e.